The van der Waals surface area contributed by atoms with E-state index in [1.165, 1.54) is 6.42 Å². The highest BCUT2D eigenvalue weighted by molar-refractivity contribution is 5.80. The molecule has 0 aromatic carbocycles. The van der Waals surface area contributed by atoms with Crippen LogP contribution in [-0.4, -0.2) is 85.4 Å². The number of piperazine rings is 1. The number of amides is 2. The predicted molar refractivity (Wildman–Crippen MR) is 89.0 cm³/mol. The average molecular weight is 322 g/mol. The molecular weight excluding hydrogens is 292 g/mol. The third kappa shape index (κ3) is 4.44. The number of hydrogen-bond acceptors (Lipinski definition) is 4. The zero-order chi connectivity index (χ0) is 16.1. The summed E-state index contributed by atoms with van der Waals surface area (Å²) < 4.78 is 0. The summed E-state index contributed by atoms with van der Waals surface area (Å²) in [6.07, 6.45) is 5.65. The van der Waals surface area contributed by atoms with Gasteiger partial charge in [-0.15, -0.1) is 0 Å². The van der Waals surface area contributed by atoms with Gasteiger partial charge in [-0.2, -0.15) is 0 Å². The van der Waals surface area contributed by atoms with Gasteiger partial charge in [-0.3, -0.25) is 14.5 Å². The molecule has 3 heterocycles. The van der Waals surface area contributed by atoms with Crippen molar-refractivity contribution in [1.29, 1.82) is 0 Å². The summed E-state index contributed by atoms with van der Waals surface area (Å²) in [6, 6.07) is 0. The van der Waals surface area contributed by atoms with Crippen LogP contribution < -0.4 is 5.32 Å². The topological polar surface area (TPSA) is 55.9 Å². The first-order valence-corrected chi connectivity index (χ1v) is 9.23. The van der Waals surface area contributed by atoms with Crippen molar-refractivity contribution in [1.82, 2.24) is 20.0 Å². The lowest BCUT2D eigenvalue weighted by atomic mass is 9.98. The van der Waals surface area contributed by atoms with Crippen molar-refractivity contribution in [3.8, 4) is 0 Å². The SMILES string of the molecule is O=C(CN1CCN(C(=O)C2CCCNC2)CC1)N1CCCCC1. The van der Waals surface area contributed by atoms with Crippen molar-refractivity contribution in [2.45, 2.75) is 32.1 Å². The lowest BCUT2D eigenvalue weighted by Crippen LogP contribution is -2.54. The van der Waals surface area contributed by atoms with Gasteiger partial charge in [-0.05, 0) is 38.6 Å². The lowest BCUT2D eigenvalue weighted by Gasteiger charge is -2.38. The number of rotatable bonds is 3. The van der Waals surface area contributed by atoms with Gasteiger partial charge in [0.05, 0.1) is 12.5 Å². The van der Waals surface area contributed by atoms with Gasteiger partial charge < -0.3 is 15.1 Å². The highest BCUT2D eigenvalue weighted by Gasteiger charge is 2.29. The number of carbonyl (C=O) groups is 2. The normalized spacial score (nSPS) is 27.0. The molecule has 3 fully saturated rings. The Balaban J connectivity index is 1.41. The number of nitrogens with zero attached hydrogens (tertiary/aromatic N) is 3. The minimum atomic E-state index is 0.158. The van der Waals surface area contributed by atoms with Crippen molar-refractivity contribution >= 4 is 11.8 Å². The first-order chi connectivity index (χ1) is 11.2. The average Bonchev–Trinajstić information content (AvgIpc) is 2.63. The van der Waals surface area contributed by atoms with Gasteiger partial charge in [0.25, 0.3) is 0 Å². The van der Waals surface area contributed by atoms with Crippen LogP contribution in [0.5, 0.6) is 0 Å². The standard InChI is InChI=1S/C17H30N4O2/c22-16(20-7-2-1-3-8-20)14-19-9-11-21(12-10-19)17(23)15-5-4-6-18-13-15/h15,18H,1-14H2. The van der Waals surface area contributed by atoms with Gasteiger partial charge in [0.1, 0.15) is 0 Å². The van der Waals surface area contributed by atoms with E-state index in [0.717, 1.165) is 78.0 Å². The fourth-order valence-electron chi connectivity index (χ4n) is 3.88. The maximum Gasteiger partial charge on any atom is 0.236 e. The molecule has 0 bridgehead atoms. The Morgan fingerprint density at radius 1 is 0.870 bits per heavy atom. The Kier molecular flexibility index (Phi) is 5.89. The van der Waals surface area contributed by atoms with E-state index < -0.39 is 0 Å². The molecule has 23 heavy (non-hydrogen) atoms. The second-order valence-corrected chi connectivity index (χ2v) is 7.09. The molecule has 3 aliphatic rings. The van der Waals surface area contributed by atoms with Crippen molar-refractivity contribution in [3.05, 3.63) is 0 Å². The molecule has 130 valence electrons. The molecule has 6 heteroatoms. The van der Waals surface area contributed by atoms with E-state index in [1.807, 2.05) is 9.80 Å². The Morgan fingerprint density at radius 3 is 2.26 bits per heavy atom. The van der Waals surface area contributed by atoms with E-state index in [-0.39, 0.29) is 11.8 Å². The van der Waals surface area contributed by atoms with E-state index in [0.29, 0.717) is 12.5 Å². The van der Waals surface area contributed by atoms with E-state index >= 15 is 0 Å². The fourth-order valence-corrected chi connectivity index (χ4v) is 3.88. The van der Waals surface area contributed by atoms with Crippen molar-refractivity contribution < 1.29 is 9.59 Å². The number of carbonyl (C=O) groups excluding carboxylic acids is 2. The van der Waals surface area contributed by atoms with Gasteiger partial charge in [-0.25, -0.2) is 0 Å². The van der Waals surface area contributed by atoms with Crippen LogP contribution in [0, 0.1) is 5.92 Å². The summed E-state index contributed by atoms with van der Waals surface area (Å²) in [7, 11) is 0. The Bertz CT molecular complexity index is 409. The van der Waals surface area contributed by atoms with Crippen LogP contribution in [0.15, 0.2) is 0 Å². The second-order valence-electron chi connectivity index (χ2n) is 7.09. The largest absolute Gasteiger partial charge is 0.342 e. The molecule has 0 saturated carbocycles. The maximum atomic E-state index is 12.5. The van der Waals surface area contributed by atoms with E-state index in [1.54, 1.807) is 0 Å². The molecule has 0 aromatic heterocycles. The first kappa shape index (κ1) is 16.7. The minimum Gasteiger partial charge on any atom is -0.342 e. The zero-order valence-corrected chi connectivity index (χ0v) is 14.1. The molecule has 6 nitrogen and oxygen atoms in total. The third-order valence-corrected chi connectivity index (χ3v) is 5.40. The summed E-state index contributed by atoms with van der Waals surface area (Å²) in [6.45, 7) is 7.41. The zero-order valence-electron chi connectivity index (χ0n) is 14.1. The molecule has 0 radical (unpaired) electrons. The number of likely N-dealkylation sites (tertiary alicyclic amines) is 1. The van der Waals surface area contributed by atoms with Gasteiger partial charge in [-0.1, -0.05) is 0 Å². The lowest BCUT2D eigenvalue weighted by molar-refractivity contribution is -0.138. The molecule has 3 saturated heterocycles. The van der Waals surface area contributed by atoms with Crippen LogP contribution in [0.3, 0.4) is 0 Å². The van der Waals surface area contributed by atoms with Crippen LogP contribution in [0.25, 0.3) is 0 Å². The summed E-state index contributed by atoms with van der Waals surface area (Å²) in [4.78, 5) is 31.1. The van der Waals surface area contributed by atoms with Crippen LogP contribution in [0.1, 0.15) is 32.1 Å². The highest BCUT2D eigenvalue weighted by Crippen LogP contribution is 2.15. The summed E-state index contributed by atoms with van der Waals surface area (Å²) >= 11 is 0. The van der Waals surface area contributed by atoms with Gasteiger partial charge in [0.2, 0.25) is 11.8 Å². The molecule has 1 unspecified atom stereocenters. The number of hydrogen-bond donors (Lipinski definition) is 1. The van der Waals surface area contributed by atoms with Crippen molar-refractivity contribution in [3.63, 3.8) is 0 Å². The molecule has 0 aromatic rings. The molecule has 0 spiro atoms. The summed E-state index contributed by atoms with van der Waals surface area (Å²) in [5.41, 5.74) is 0. The fraction of sp³-hybridized carbons (Fsp3) is 0.882. The van der Waals surface area contributed by atoms with Crippen LogP contribution in [-0.2, 0) is 9.59 Å². The Labute approximate surface area is 139 Å². The molecule has 2 amide bonds. The molecule has 1 N–H and O–H groups in total. The van der Waals surface area contributed by atoms with E-state index in [2.05, 4.69) is 10.2 Å². The number of piperidine rings is 2. The van der Waals surface area contributed by atoms with Gasteiger partial charge >= 0.3 is 0 Å². The molecule has 3 rings (SSSR count). The van der Waals surface area contributed by atoms with Gasteiger partial charge in [0, 0.05) is 45.8 Å². The molecular formula is C17H30N4O2. The monoisotopic (exact) mass is 322 g/mol. The molecule has 3 aliphatic heterocycles. The van der Waals surface area contributed by atoms with Gasteiger partial charge in [0.15, 0.2) is 0 Å². The van der Waals surface area contributed by atoms with Crippen molar-refractivity contribution in [2.24, 2.45) is 5.92 Å². The molecule has 0 aliphatic carbocycles. The summed E-state index contributed by atoms with van der Waals surface area (Å²) in [5.74, 6) is 0.727. The van der Waals surface area contributed by atoms with Crippen LogP contribution >= 0.6 is 0 Å². The minimum absolute atomic E-state index is 0.158. The quantitative estimate of drug-likeness (QED) is 0.803. The van der Waals surface area contributed by atoms with Crippen LogP contribution in [0.4, 0.5) is 0 Å². The second kappa shape index (κ2) is 8.11. The van der Waals surface area contributed by atoms with Crippen molar-refractivity contribution in [2.75, 3.05) is 58.9 Å². The van der Waals surface area contributed by atoms with E-state index in [4.69, 9.17) is 0 Å². The predicted octanol–water partition coefficient (Wildman–Crippen LogP) is 0.143. The summed E-state index contributed by atoms with van der Waals surface area (Å²) in [5, 5.41) is 3.32. The first-order valence-electron chi connectivity index (χ1n) is 9.23. The Hall–Kier alpha value is -1.14. The van der Waals surface area contributed by atoms with Crippen LogP contribution in [0.2, 0.25) is 0 Å². The Morgan fingerprint density at radius 2 is 1.61 bits per heavy atom. The highest BCUT2D eigenvalue weighted by atomic mass is 16.2. The number of nitrogens with one attached hydrogen (secondary N) is 1. The molecule has 1 atom stereocenters. The van der Waals surface area contributed by atoms with E-state index in [9.17, 15) is 9.59 Å². The smallest absolute Gasteiger partial charge is 0.236 e. The maximum absolute atomic E-state index is 12.5. The third-order valence-electron chi connectivity index (χ3n) is 5.40.